The van der Waals surface area contributed by atoms with E-state index in [0.717, 1.165) is 5.82 Å². The van der Waals surface area contributed by atoms with E-state index in [1.807, 2.05) is 0 Å². The fourth-order valence-corrected chi connectivity index (χ4v) is 2.72. The Labute approximate surface area is 109 Å². The first kappa shape index (κ1) is 13.5. The lowest BCUT2D eigenvalue weighted by atomic mass is 10.1. The van der Waals surface area contributed by atoms with Crippen LogP contribution >= 0.6 is 0 Å². The standard InChI is InChI=1S/C13H25N5/c1-3-7-18-8-4-5-12(6-9-18)16-11(2)13-14-10-15-17-13/h10-12,16H,3-9H2,1-2H3,(H,14,15,17). The van der Waals surface area contributed by atoms with Crippen LogP contribution in [-0.2, 0) is 0 Å². The molecule has 0 saturated carbocycles. The summed E-state index contributed by atoms with van der Waals surface area (Å²) >= 11 is 0. The third kappa shape index (κ3) is 3.78. The summed E-state index contributed by atoms with van der Waals surface area (Å²) in [6.45, 7) is 8.11. The van der Waals surface area contributed by atoms with E-state index in [9.17, 15) is 0 Å². The predicted octanol–water partition coefficient (Wildman–Crippen LogP) is 1.72. The highest BCUT2D eigenvalue weighted by Crippen LogP contribution is 2.15. The minimum atomic E-state index is 0.259. The first-order chi connectivity index (χ1) is 8.79. The molecule has 0 amide bonds. The molecule has 5 heteroatoms. The second-order valence-corrected chi connectivity index (χ2v) is 5.23. The third-order valence-corrected chi connectivity index (χ3v) is 3.69. The molecule has 1 aliphatic heterocycles. The summed E-state index contributed by atoms with van der Waals surface area (Å²) in [6, 6.07) is 0.863. The van der Waals surface area contributed by atoms with Crippen molar-refractivity contribution in [3.63, 3.8) is 0 Å². The predicted molar refractivity (Wildman–Crippen MR) is 72.3 cm³/mol. The zero-order chi connectivity index (χ0) is 12.8. The smallest absolute Gasteiger partial charge is 0.141 e. The Kier molecular flexibility index (Phi) is 5.13. The van der Waals surface area contributed by atoms with Crippen molar-refractivity contribution in [1.82, 2.24) is 25.4 Å². The molecular formula is C13H25N5. The van der Waals surface area contributed by atoms with Crippen LogP contribution < -0.4 is 5.32 Å². The van der Waals surface area contributed by atoms with E-state index >= 15 is 0 Å². The first-order valence-electron chi connectivity index (χ1n) is 7.13. The van der Waals surface area contributed by atoms with Gasteiger partial charge < -0.3 is 10.2 Å². The fourth-order valence-electron chi connectivity index (χ4n) is 2.72. The monoisotopic (exact) mass is 251 g/mol. The highest BCUT2D eigenvalue weighted by molar-refractivity contribution is 4.90. The zero-order valence-corrected chi connectivity index (χ0v) is 11.5. The van der Waals surface area contributed by atoms with Crippen molar-refractivity contribution >= 4 is 0 Å². The molecular weight excluding hydrogens is 226 g/mol. The summed E-state index contributed by atoms with van der Waals surface area (Å²) in [6.07, 6.45) is 6.62. The van der Waals surface area contributed by atoms with Crippen LogP contribution in [0.4, 0.5) is 0 Å². The Morgan fingerprint density at radius 2 is 2.39 bits per heavy atom. The molecule has 1 fully saturated rings. The molecule has 2 atom stereocenters. The molecule has 0 spiro atoms. The van der Waals surface area contributed by atoms with Crippen molar-refractivity contribution in [2.24, 2.45) is 0 Å². The van der Waals surface area contributed by atoms with Gasteiger partial charge in [-0.1, -0.05) is 6.92 Å². The molecule has 2 rings (SSSR count). The molecule has 18 heavy (non-hydrogen) atoms. The molecule has 102 valence electrons. The minimum absolute atomic E-state index is 0.259. The Morgan fingerprint density at radius 1 is 1.50 bits per heavy atom. The minimum Gasteiger partial charge on any atom is -0.305 e. The maximum absolute atomic E-state index is 4.21. The highest BCUT2D eigenvalue weighted by atomic mass is 15.2. The van der Waals surface area contributed by atoms with E-state index in [-0.39, 0.29) is 6.04 Å². The molecule has 2 N–H and O–H groups in total. The Hall–Kier alpha value is -0.940. The quantitative estimate of drug-likeness (QED) is 0.836. The normalized spacial score (nSPS) is 23.8. The summed E-state index contributed by atoms with van der Waals surface area (Å²) in [5, 5.41) is 10.5. The summed E-state index contributed by atoms with van der Waals surface area (Å²) in [4.78, 5) is 6.79. The van der Waals surface area contributed by atoms with Gasteiger partial charge >= 0.3 is 0 Å². The van der Waals surface area contributed by atoms with E-state index in [0.29, 0.717) is 6.04 Å². The van der Waals surface area contributed by atoms with Gasteiger partial charge in [0.15, 0.2) is 0 Å². The van der Waals surface area contributed by atoms with Gasteiger partial charge in [0.25, 0.3) is 0 Å². The maximum atomic E-state index is 4.21. The lowest BCUT2D eigenvalue weighted by molar-refractivity contribution is 0.281. The van der Waals surface area contributed by atoms with Crippen molar-refractivity contribution in [3.8, 4) is 0 Å². The lowest BCUT2D eigenvalue weighted by Gasteiger charge is -2.21. The van der Waals surface area contributed by atoms with Crippen molar-refractivity contribution in [3.05, 3.63) is 12.2 Å². The van der Waals surface area contributed by atoms with Crippen LogP contribution in [0.3, 0.4) is 0 Å². The van der Waals surface area contributed by atoms with Crippen molar-refractivity contribution < 1.29 is 0 Å². The molecule has 1 aromatic heterocycles. The number of aromatic nitrogens is 3. The molecule has 1 aromatic rings. The van der Waals surface area contributed by atoms with Gasteiger partial charge in [-0.05, 0) is 52.2 Å². The average molecular weight is 251 g/mol. The maximum Gasteiger partial charge on any atom is 0.141 e. The van der Waals surface area contributed by atoms with Gasteiger partial charge in [-0.15, -0.1) is 0 Å². The first-order valence-corrected chi connectivity index (χ1v) is 7.13. The van der Waals surface area contributed by atoms with E-state index < -0.39 is 0 Å². The summed E-state index contributed by atoms with van der Waals surface area (Å²) in [5.74, 6) is 0.935. The SMILES string of the molecule is CCCN1CCCC(NC(C)c2ncn[nH]2)CC1. The number of rotatable bonds is 5. The second kappa shape index (κ2) is 6.85. The molecule has 0 aromatic carbocycles. The van der Waals surface area contributed by atoms with Gasteiger partial charge in [-0.25, -0.2) is 4.98 Å². The van der Waals surface area contributed by atoms with E-state index in [1.54, 1.807) is 6.33 Å². The summed E-state index contributed by atoms with van der Waals surface area (Å²) < 4.78 is 0. The number of aromatic amines is 1. The molecule has 5 nitrogen and oxygen atoms in total. The lowest BCUT2D eigenvalue weighted by Crippen LogP contribution is -2.33. The highest BCUT2D eigenvalue weighted by Gasteiger charge is 2.19. The van der Waals surface area contributed by atoms with E-state index in [2.05, 4.69) is 39.2 Å². The van der Waals surface area contributed by atoms with Crippen LogP contribution in [0.2, 0.25) is 0 Å². The number of nitrogens with zero attached hydrogens (tertiary/aromatic N) is 3. The van der Waals surface area contributed by atoms with Crippen LogP contribution in [0.25, 0.3) is 0 Å². The molecule has 2 heterocycles. The van der Waals surface area contributed by atoms with Crippen LogP contribution in [0, 0.1) is 0 Å². The summed E-state index contributed by atoms with van der Waals surface area (Å²) in [5.41, 5.74) is 0. The Bertz CT molecular complexity index is 324. The van der Waals surface area contributed by atoms with Crippen molar-refractivity contribution in [2.45, 2.75) is 51.6 Å². The van der Waals surface area contributed by atoms with Crippen LogP contribution in [0.15, 0.2) is 6.33 Å². The summed E-state index contributed by atoms with van der Waals surface area (Å²) in [7, 11) is 0. The molecule has 1 aliphatic rings. The van der Waals surface area contributed by atoms with Gasteiger partial charge in [0.2, 0.25) is 0 Å². The van der Waals surface area contributed by atoms with Gasteiger partial charge in [-0.3, -0.25) is 5.10 Å². The number of likely N-dealkylation sites (tertiary alicyclic amines) is 1. The average Bonchev–Trinajstić information content (AvgIpc) is 2.81. The largest absolute Gasteiger partial charge is 0.305 e. The molecule has 0 radical (unpaired) electrons. The van der Waals surface area contributed by atoms with E-state index in [1.165, 1.54) is 45.3 Å². The van der Waals surface area contributed by atoms with Gasteiger partial charge in [0.1, 0.15) is 12.2 Å². The fraction of sp³-hybridized carbons (Fsp3) is 0.846. The molecule has 2 unspecified atom stereocenters. The second-order valence-electron chi connectivity index (χ2n) is 5.23. The van der Waals surface area contributed by atoms with Gasteiger partial charge in [0, 0.05) is 6.04 Å². The number of H-pyrrole nitrogens is 1. The molecule has 1 saturated heterocycles. The van der Waals surface area contributed by atoms with Gasteiger partial charge in [0.05, 0.1) is 6.04 Å². The molecule has 0 aliphatic carbocycles. The van der Waals surface area contributed by atoms with Crippen LogP contribution in [0.5, 0.6) is 0 Å². The van der Waals surface area contributed by atoms with Crippen LogP contribution in [0.1, 0.15) is 51.4 Å². The number of hydrogen-bond donors (Lipinski definition) is 2. The Balaban J connectivity index is 1.79. The van der Waals surface area contributed by atoms with Gasteiger partial charge in [-0.2, -0.15) is 5.10 Å². The van der Waals surface area contributed by atoms with Crippen LogP contribution in [-0.4, -0.2) is 45.8 Å². The number of hydrogen-bond acceptors (Lipinski definition) is 4. The Morgan fingerprint density at radius 3 is 3.11 bits per heavy atom. The van der Waals surface area contributed by atoms with E-state index in [4.69, 9.17) is 0 Å². The third-order valence-electron chi connectivity index (χ3n) is 3.69. The number of nitrogens with one attached hydrogen (secondary N) is 2. The zero-order valence-electron chi connectivity index (χ0n) is 11.5. The molecule has 0 bridgehead atoms. The topological polar surface area (TPSA) is 56.8 Å². The van der Waals surface area contributed by atoms with Crippen molar-refractivity contribution in [2.75, 3.05) is 19.6 Å². The van der Waals surface area contributed by atoms with Crippen molar-refractivity contribution in [1.29, 1.82) is 0 Å².